The molecule has 1 aliphatic heterocycles. The van der Waals surface area contributed by atoms with Gasteiger partial charge in [0.1, 0.15) is 23.8 Å². The van der Waals surface area contributed by atoms with E-state index in [1.807, 2.05) is 17.0 Å². The van der Waals surface area contributed by atoms with Crippen LogP contribution in [-0.2, 0) is 6.54 Å². The lowest BCUT2D eigenvalue weighted by Crippen LogP contribution is -2.41. The summed E-state index contributed by atoms with van der Waals surface area (Å²) in [5.74, 6) is 0.619. The lowest BCUT2D eigenvalue weighted by atomic mass is 10.1. The number of carbonyl (C=O) groups is 2. The number of nitrogens with zero attached hydrogens (tertiary/aromatic N) is 4. The van der Waals surface area contributed by atoms with E-state index in [1.54, 1.807) is 54.7 Å². The zero-order valence-corrected chi connectivity index (χ0v) is 17.3. The molecular formula is C23H24N4O4. The van der Waals surface area contributed by atoms with Gasteiger partial charge in [-0.25, -0.2) is 0 Å². The van der Waals surface area contributed by atoms with Gasteiger partial charge in [-0.1, -0.05) is 5.16 Å². The predicted octanol–water partition coefficient (Wildman–Crippen LogP) is 3.03. The Bertz CT molecular complexity index is 998. The second-order valence-electron chi connectivity index (χ2n) is 7.53. The number of carbonyl (C=O) groups excluding carboxylic acids is 2. The molecule has 8 nitrogen and oxygen atoms in total. The van der Waals surface area contributed by atoms with Crippen LogP contribution in [0.5, 0.6) is 5.75 Å². The highest BCUT2D eigenvalue weighted by Gasteiger charge is 2.25. The third-order valence-corrected chi connectivity index (χ3v) is 5.28. The van der Waals surface area contributed by atoms with E-state index < -0.39 is 0 Å². The molecule has 0 unspecified atom stereocenters. The Labute approximate surface area is 180 Å². The van der Waals surface area contributed by atoms with Crippen molar-refractivity contribution in [3.05, 3.63) is 77.9 Å². The molecular weight excluding hydrogens is 396 g/mol. The number of amides is 2. The largest absolute Gasteiger partial charge is 0.490 e. The first-order valence-corrected chi connectivity index (χ1v) is 10.2. The van der Waals surface area contributed by atoms with Gasteiger partial charge in [-0.2, -0.15) is 0 Å². The van der Waals surface area contributed by atoms with Crippen molar-refractivity contribution < 1.29 is 18.8 Å². The van der Waals surface area contributed by atoms with E-state index >= 15 is 0 Å². The summed E-state index contributed by atoms with van der Waals surface area (Å²) in [5.41, 5.74) is 1.88. The normalized spacial score (nSPS) is 14.3. The van der Waals surface area contributed by atoms with Gasteiger partial charge in [-0.15, -0.1) is 0 Å². The van der Waals surface area contributed by atoms with Crippen molar-refractivity contribution in [2.24, 2.45) is 0 Å². The van der Waals surface area contributed by atoms with E-state index in [9.17, 15) is 9.59 Å². The van der Waals surface area contributed by atoms with E-state index in [0.29, 0.717) is 42.2 Å². The minimum Gasteiger partial charge on any atom is -0.490 e. The van der Waals surface area contributed by atoms with Gasteiger partial charge in [0.05, 0.1) is 12.1 Å². The Hall–Kier alpha value is -3.68. The van der Waals surface area contributed by atoms with Crippen LogP contribution in [0.3, 0.4) is 0 Å². The van der Waals surface area contributed by atoms with E-state index in [0.717, 1.165) is 12.8 Å². The minimum absolute atomic E-state index is 0.00385. The van der Waals surface area contributed by atoms with Crippen LogP contribution in [0.4, 0.5) is 0 Å². The van der Waals surface area contributed by atoms with Crippen molar-refractivity contribution in [3.8, 4) is 5.75 Å². The van der Waals surface area contributed by atoms with Gasteiger partial charge in [0, 0.05) is 57.0 Å². The molecule has 160 valence electrons. The van der Waals surface area contributed by atoms with Crippen LogP contribution in [0.25, 0.3) is 0 Å². The fourth-order valence-corrected chi connectivity index (χ4v) is 3.57. The molecule has 3 aromatic rings. The molecule has 0 spiro atoms. The lowest BCUT2D eigenvalue weighted by molar-refractivity contribution is 0.0595. The quantitative estimate of drug-likeness (QED) is 0.609. The molecule has 0 bridgehead atoms. The molecule has 2 amide bonds. The number of pyridine rings is 1. The Morgan fingerprint density at radius 2 is 1.90 bits per heavy atom. The number of hydrogen-bond donors (Lipinski definition) is 0. The Balaban J connectivity index is 1.28. The SMILES string of the molecule is CN(Cc1ccon1)C(=O)c1ccc(OC2CCN(C(=O)c3cccnc3)CC2)cc1. The standard InChI is InChI=1S/C23H24N4O4/c1-26(16-19-10-14-30-25-19)22(28)17-4-6-20(7-5-17)31-21-8-12-27(13-9-21)23(29)18-3-2-11-24-15-18/h2-7,10-11,14-15,21H,8-9,12-13,16H2,1H3. The molecule has 4 rings (SSSR count). The zero-order valence-electron chi connectivity index (χ0n) is 17.3. The van der Waals surface area contributed by atoms with Crippen molar-refractivity contribution in [1.82, 2.24) is 19.9 Å². The van der Waals surface area contributed by atoms with Crippen LogP contribution in [0.15, 0.2) is 65.6 Å². The molecule has 31 heavy (non-hydrogen) atoms. The van der Waals surface area contributed by atoms with Gasteiger partial charge < -0.3 is 19.1 Å². The summed E-state index contributed by atoms with van der Waals surface area (Å²) in [5, 5.41) is 3.83. The molecule has 1 aromatic carbocycles. The maximum absolute atomic E-state index is 12.6. The van der Waals surface area contributed by atoms with Gasteiger partial charge >= 0.3 is 0 Å². The molecule has 0 saturated carbocycles. The highest BCUT2D eigenvalue weighted by Crippen LogP contribution is 2.21. The molecule has 0 radical (unpaired) electrons. The molecule has 2 aromatic heterocycles. The van der Waals surface area contributed by atoms with Crippen molar-refractivity contribution in [1.29, 1.82) is 0 Å². The average Bonchev–Trinajstić information content (AvgIpc) is 3.33. The monoisotopic (exact) mass is 420 g/mol. The van der Waals surface area contributed by atoms with E-state index in [4.69, 9.17) is 9.26 Å². The van der Waals surface area contributed by atoms with E-state index in [2.05, 4.69) is 10.1 Å². The van der Waals surface area contributed by atoms with Gasteiger partial charge in [-0.05, 0) is 36.4 Å². The van der Waals surface area contributed by atoms with Crippen LogP contribution < -0.4 is 4.74 Å². The first-order chi connectivity index (χ1) is 15.1. The number of aromatic nitrogens is 2. The smallest absolute Gasteiger partial charge is 0.255 e. The number of ether oxygens (including phenoxy) is 1. The molecule has 8 heteroatoms. The van der Waals surface area contributed by atoms with Crippen LogP contribution in [0.1, 0.15) is 39.3 Å². The van der Waals surface area contributed by atoms with Crippen molar-refractivity contribution >= 4 is 11.8 Å². The zero-order chi connectivity index (χ0) is 21.6. The van der Waals surface area contributed by atoms with Crippen molar-refractivity contribution in [2.45, 2.75) is 25.5 Å². The Morgan fingerprint density at radius 1 is 1.13 bits per heavy atom. The fraction of sp³-hybridized carbons (Fsp3) is 0.304. The first kappa shape index (κ1) is 20.6. The summed E-state index contributed by atoms with van der Waals surface area (Å²) in [4.78, 5) is 32.5. The lowest BCUT2D eigenvalue weighted by Gasteiger charge is -2.32. The predicted molar refractivity (Wildman–Crippen MR) is 113 cm³/mol. The van der Waals surface area contributed by atoms with Gasteiger partial charge in [0.25, 0.3) is 11.8 Å². The first-order valence-electron chi connectivity index (χ1n) is 10.2. The van der Waals surface area contributed by atoms with Crippen molar-refractivity contribution in [3.63, 3.8) is 0 Å². The summed E-state index contributed by atoms with van der Waals surface area (Å²) in [6, 6.07) is 12.4. The van der Waals surface area contributed by atoms with Crippen LogP contribution in [0, 0.1) is 0 Å². The summed E-state index contributed by atoms with van der Waals surface area (Å²) in [6.07, 6.45) is 6.29. The molecule has 0 aliphatic carbocycles. The van der Waals surface area contributed by atoms with Crippen LogP contribution in [-0.4, -0.2) is 58.0 Å². The summed E-state index contributed by atoms with van der Waals surface area (Å²) < 4.78 is 10.9. The third-order valence-electron chi connectivity index (χ3n) is 5.28. The molecule has 1 saturated heterocycles. The maximum Gasteiger partial charge on any atom is 0.255 e. The molecule has 0 N–H and O–H groups in total. The topological polar surface area (TPSA) is 88.8 Å². The van der Waals surface area contributed by atoms with E-state index in [-0.39, 0.29) is 17.9 Å². The Morgan fingerprint density at radius 3 is 2.55 bits per heavy atom. The van der Waals surface area contributed by atoms with Gasteiger partial charge in [0.15, 0.2) is 0 Å². The summed E-state index contributed by atoms with van der Waals surface area (Å²) in [6.45, 7) is 1.66. The third kappa shape index (κ3) is 5.09. The van der Waals surface area contributed by atoms with Crippen LogP contribution in [0.2, 0.25) is 0 Å². The number of likely N-dealkylation sites (tertiary alicyclic amines) is 1. The Kier molecular flexibility index (Phi) is 6.26. The summed E-state index contributed by atoms with van der Waals surface area (Å²) in [7, 11) is 1.72. The molecule has 0 atom stereocenters. The highest BCUT2D eigenvalue weighted by atomic mass is 16.5. The molecule has 1 fully saturated rings. The van der Waals surface area contributed by atoms with Gasteiger partial charge in [-0.3, -0.25) is 14.6 Å². The number of benzene rings is 1. The second kappa shape index (κ2) is 9.42. The van der Waals surface area contributed by atoms with E-state index in [1.165, 1.54) is 6.26 Å². The van der Waals surface area contributed by atoms with Gasteiger partial charge in [0.2, 0.25) is 0 Å². The minimum atomic E-state index is -0.100. The van der Waals surface area contributed by atoms with Crippen LogP contribution >= 0.6 is 0 Å². The molecule has 1 aliphatic rings. The second-order valence-corrected chi connectivity index (χ2v) is 7.53. The van der Waals surface area contributed by atoms with Crippen molar-refractivity contribution in [2.75, 3.05) is 20.1 Å². The summed E-state index contributed by atoms with van der Waals surface area (Å²) >= 11 is 0. The molecule has 3 heterocycles. The maximum atomic E-state index is 12.6. The number of hydrogen-bond acceptors (Lipinski definition) is 6. The highest BCUT2D eigenvalue weighted by molar-refractivity contribution is 5.94. The average molecular weight is 420 g/mol. The number of rotatable bonds is 6. The number of piperidine rings is 1. The fourth-order valence-electron chi connectivity index (χ4n) is 3.57.